The van der Waals surface area contributed by atoms with Gasteiger partial charge in [-0.25, -0.2) is 4.98 Å². The Morgan fingerprint density at radius 1 is 1.40 bits per heavy atom. The fraction of sp³-hybridized carbons (Fsp3) is 0.200. The molecule has 0 atom stereocenters. The summed E-state index contributed by atoms with van der Waals surface area (Å²) >= 11 is 0. The highest BCUT2D eigenvalue weighted by Crippen LogP contribution is 2.26. The largest absolute Gasteiger partial charge is 0.519 e. The minimum atomic E-state index is -0.869. The highest BCUT2D eigenvalue weighted by molar-refractivity contribution is 5.82. The van der Waals surface area contributed by atoms with Crippen LogP contribution in [0.3, 0.4) is 0 Å². The maximum atomic E-state index is 11.3. The smallest absolute Gasteiger partial charge is 0.435 e. The lowest BCUT2D eigenvalue weighted by molar-refractivity contribution is 0.158. The lowest BCUT2D eigenvalue weighted by atomic mass is 10.3. The number of nitrogens with two attached hydrogens (primary N) is 1. The maximum absolute atomic E-state index is 11.3. The maximum Gasteiger partial charge on any atom is 0.519 e. The Balaban J connectivity index is 2.42. The Morgan fingerprint density at radius 3 is 2.53 bits per heavy atom. The molecule has 1 aromatic heterocycles. The topological polar surface area (TPSA) is 76.2 Å². The van der Waals surface area contributed by atoms with E-state index in [9.17, 15) is 9.90 Å². The molecular formula is C10H12N3O2+. The van der Waals surface area contributed by atoms with Gasteiger partial charge in [0.2, 0.25) is 0 Å². The Morgan fingerprint density at radius 2 is 2.07 bits per heavy atom. The van der Waals surface area contributed by atoms with Crippen molar-refractivity contribution in [1.29, 1.82) is 0 Å². The molecule has 2 rings (SSSR count). The molecule has 0 unspecified atom stereocenters. The number of quaternary nitrogens is 1. The number of pyridine rings is 1. The molecule has 0 bridgehead atoms. The summed E-state index contributed by atoms with van der Waals surface area (Å²) in [6.45, 7) is 0.919. The van der Waals surface area contributed by atoms with Gasteiger partial charge in [0, 0.05) is 6.07 Å². The van der Waals surface area contributed by atoms with Crippen LogP contribution in [0, 0.1) is 0 Å². The van der Waals surface area contributed by atoms with Crippen molar-refractivity contribution in [3.8, 4) is 0 Å². The Hall–Kier alpha value is -1.88. The molecule has 1 aromatic rings. The number of hydrogen-bond acceptors (Lipinski definition) is 3. The molecule has 0 saturated carbocycles. The third-order valence-electron chi connectivity index (χ3n) is 2.63. The third-order valence-corrected chi connectivity index (χ3v) is 2.63. The quantitative estimate of drug-likeness (QED) is 0.535. The van der Waals surface area contributed by atoms with Crippen LogP contribution in [0.25, 0.3) is 0 Å². The monoisotopic (exact) mass is 206 g/mol. The molecule has 0 aromatic carbocycles. The van der Waals surface area contributed by atoms with Gasteiger partial charge in [0.05, 0.1) is 6.20 Å². The van der Waals surface area contributed by atoms with E-state index in [1.54, 1.807) is 12.1 Å². The molecule has 5 nitrogen and oxygen atoms in total. The lowest BCUT2D eigenvalue weighted by Crippen LogP contribution is -2.51. The molecule has 0 fully saturated rings. The van der Waals surface area contributed by atoms with Gasteiger partial charge in [0.15, 0.2) is 5.69 Å². The normalized spacial score (nSPS) is 17.9. The van der Waals surface area contributed by atoms with Gasteiger partial charge in [-0.3, -0.25) is 0 Å². The first-order valence-corrected chi connectivity index (χ1v) is 4.63. The molecule has 1 amide bonds. The lowest BCUT2D eigenvalue weighted by Gasteiger charge is -2.26. The summed E-state index contributed by atoms with van der Waals surface area (Å²) < 4.78 is -0.118. The average Bonchev–Trinajstić information content (AvgIpc) is 2.69. The number of rotatable bonds is 1. The Bertz CT molecular complexity index is 403. The Kier molecular flexibility index (Phi) is 2.17. The number of aromatic nitrogens is 1. The standard InChI is InChI=1S/C10H11N3O2/c11-9-4-3-8(7-12-9)13(10(14)15)5-1-2-6-13/h1-4,7H,5-6H2,(H2-,11,12,14,15)/p+1. The summed E-state index contributed by atoms with van der Waals surface area (Å²) in [7, 11) is 0. The molecule has 0 radical (unpaired) electrons. The van der Waals surface area contributed by atoms with Gasteiger partial charge in [0.1, 0.15) is 18.9 Å². The second kappa shape index (κ2) is 3.36. The van der Waals surface area contributed by atoms with Crippen molar-refractivity contribution in [3.05, 3.63) is 30.5 Å². The van der Waals surface area contributed by atoms with Crippen molar-refractivity contribution in [2.24, 2.45) is 0 Å². The van der Waals surface area contributed by atoms with Crippen molar-refractivity contribution in [2.45, 2.75) is 0 Å². The van der Waals surface area contributed by atoms with Crippen molar-refractivity contribution in [2.75, 3.05) is 18.8 Å². The Labute approximate surface area is 87.0 Å². The highest BCUT2D eigenvalue weighted by Gasteiger charge is 2.40. The molecule has 15 heavy (non-hydrogen) atoms. The van der Waals surface area contributed by atoms with E-state index in [0.29, 0.717) is 24.6 Å². The second-order valence-electron chi connectivity index (χ2n) is 3.53. The van der Waals surface area contributed by atoms with Crippen LogP contribution in [0.1, 0.15) is 0 Å². The molecule has 5 heteroatoms. The van der Waals surface area contributed by atoms with Crippen LogP contribution in [-0.4, -0.2) is 29.3 Å². The van der Waals surface area contributed by atoms with E-state index in [-0.39, 0.29) is 4.48 Å². The summed E-state index contributed by atoms with van der Waals surface area (Å²) in [4.78, 5) is 15.2. The molecule has 1 aliphatic rings. The van der Waals surface area contributed by atoms with Crippen LogP contribution in [0.15, 0.2) is 30.5 Å². The van der Waals surface area contributed by atoms with Crippen LogP contribution in [-0.2, 0) is 0 Å². The predicted molar refractivity (Wildman–Crippen MR) is 57.3 cm³/mol. The van der Waals surface area contributed by atoms with Gasteiger partial charge in [0.25, 0.3) is 0 Å². The van der Waals surface area contributed by atoms with Crippen LogP contribution < -0.4 is 10.2 Å². The number of amides is 1. The van der Waals surface area contributed by atoms with Crippen molar-refractivity contribution in [1.82, 2.24) is 9.47 Å². The molecule has 3 N–H and O–H groups in total. The zero-order valence-electron chi connectivity index (χ0n) is 8.13. The van der Waals surface area contributed by atoms with E-state index in [4.69, 9.17) is 5.73 Å². The highest BCUT2D eigenvalue weighted by atomic mass is 16.4. The van der Waals surface area contributed by atoms with Gasteiger partial charge < -0.3 is 10.8 Å². The van der Waals surface area contributed by atoms with E-state index in [1.165, 1.54) is 6.20 Å². The van der Waals surface area contributed by atoms with E-state index in [2.05, 4.69) is 4.98 Å². The van der Waals surface area contributed by atoms with Gasteiger partial charge in [-0.05, 0) is 18.2 Å². The molecule has 0 saturated heterocycles. The summed E-state index contributed by atoms with van der Waals surface area (Å²) in [5.41, 5.74) is 6.12. The number of nitrogens with zero attached hydrogens (tertiary/aromatic N) is 2. The molecular weight excluding hydrogens is 194 g/mol. The summed E-state index contributed by atoms with van der Waals surface area (Å²) in [5.74, 6) is 0.398. The minimum absolute atomic E-state index is 0.118. The minimum Gasteiger partial charge on any atom is -0.435 e. The van der Waals surface area contributed by atoms with Crippen molar-refractivity contribution < 1.29 is 9.90 Å². The number of anilines is 1. The van der Waals surface area contributed by atoms with Crippen molar-refractivity contribution >= 4 is 17.6 Å². The fourth-order valence-electron chi connectivity index (χ4n) is 1.71. The third kappa shape index (κ3) is 1.46. The van der Waals surface area contributed by atoms with Gasteiger partial charge in [-0.2, -0.15) is 9.28 Å². The molecule has 1 aliphatic heterocycles. The summed E-state index contributed by atoms with van der Waals surface area (Å²) in [6.07, 6.45) is 4.39. The van der Waals surface area contributed by atoms with Crippen LogP contribution in [0.5, 0.6) is 0 Å². The van der Waals surface area contributed by atoms with Crippen LogP contribution in [0.2, 0.25) is 0 Å². The molecule has 0 spiro atoms. The van der Waals surface area contributed by atoms with E-state index < -0.39 is 6.09 Å². The van der Waals surface area contributed by atoms with Crippen LogP contribution in [0.4, 0.5) is 16.3 Å². The van der Waals surface area contributed by atoms with E-state index >= 15 is 0 Å². The first-order valence-electron chi connectivity index (χ1n) is 4.63. The number of carbonyl (C=O) groups is 1. The first-order chi connectivity index (χ1) is 7.15. The average molecular weight is 206 g/mol. The first kappa shape index (κ1) is 9.67. The van der Waals surface area contributed by atoms with Gasteiger partial charge >= 0.3 is 6.09 Å². The number of nitrogen functional groups attached to an aromatic ring is 1. The zero-order chi connectivity index (χ0) is 10.9. The second-order valence-corrected chi connectivity index (χ2v) is 3.53. The SMILES string of the molecule is Nc1ccc([N+]2(C(=O)O)CC=CC2)cn1. The summed E-state index contributed by atoms with van der Waals surface area (Å²) in [5, 5.41) is 9.26. The fourth-order valence-corrected chi connectivity index (χ4v) is 1.71. The van der Waals surface area contributed by atoms with Crippen molar-refractivity contribution in [3.63, 3.8) is 0 Å². The van der Waals surface area contributed by atoms with E-state index in [0.717, 1.165) is 0 Å². The molecule has 78 valence electrons. The van der Waals surface area contributed by atoms with Gasteiger partial charge in [-0.1, -0.05) is 0 Å². The number of hydrogen-bond donors (Lipinski definition) is 2. The van der Waals surface area contributed by atoms with E-state index in [1.807, 2.05) is 12.2 Å². The summed E-state index contributed by atoms with van der Waals surface area (Å²) in [6, 6.07) is 3.33. The van der Waals surface area contributed by atoms with Gasteiger partial charge in [-0.15, -0.1) is 0 Å². The number of carboxylic acid groups (broad SMARTS) is 1. The molecule has 2 heterocycles. The molecule has 0 aliphatic carbocycles. The van der Waals surface area contributed by atoms with Crippen LogP contribution >= 0.6 is 0 Å². The predicted octanol–water partition coefficient (Wildman–Crippen LogP) is 1.22. The zero-order valence-corrected chi connectivity index (χ0v) is 8.13.